The number of Topliss-reactive ketones (excluding diaryl/α,β-unsaturated/α-hetero) is 1. The number of amides is 1. The van der Waals surface area contributed by atoms with Gasteiger partial charge in [0.25, 0.3) is 5.91 Å². The number of rotatable bonds is 2. The predicted molar refractivity (Wildman–Crippen MR) is 98.0 cm³/mol. The van der Waals surface area contributed by atoms with Crippen molar-refractivity contribution in [3.05, 3.63) is 41.6 Å². The summed E-state index contributed by atoms with van der Waals surface area (Å²) in [4.78, 5) is 31.5. The van der Waals surface area contributed by atoms with Crippen LogP contribution in [0.4, 0.5) is 22.9 Å². The van der Waals surface area contributed by atoms with Crippen molar-refractivity contribution in [3.63, 3.8) is 0 Å². The van der Waals surface area contributed by atoms with Crippen LogP contribution in [0.5, 0.6) is 0 Å². The summed E-state index contributed by atoms with van der Waals surface area (Å²) in [5, 5.41) is 6.12. The Morgan fingerprint density at radius 3 is 2.60 bits per heavy atom. The number of nitrogens with zero attached hydrogens (tertiary/aromatic N) is 2. The van der Waals surface area contributed by atoms with Crippen molar-refractivity contribution >= 4 is 34.6 Å². The summed E-state index contributed by atoms with van der Waals surface area (Å²) >= 11 is 0. The second-order valence-corrected chi connectivity index (χ2v) is 6.48. The van der Waals surface area contributed by atoms with Crippen LogP contribution in [0.15, 0.2) is 30.3 Å². The van der Waals surface area contributed by atoms with Gasteiger partial charge in [-0.1, -0.05) is 12.1 Å². The minimum absolute atomic E-state index is 0.0750. The minimum Gasteiger partial charge on any atom is -0.370 e. The molecule has 6 nitrogen and oxygen atoms in total. The standard InChI is InChI=1S/C19H20N4O2/c1-12(24)17-16(23-9-5-2-6-10-23)11-15-18(22-17)20-14-8-4-3-7-13(14)19(25)21-15/h3-4,7-8,11H,2,5-6,9-10H2,1H3,(H,20,22)(H,21,25). The second-order valence-electron chi connectivity index (χ2n) is 6.48. The third-order valence-corrected chi connectivity index (χ3v) is 4.71. The van der Waals surface area contributed by atoms with Crippen molar-refractivity contribution in [1.29, 1.82) is 0 Å². The molecule has 0 bridgehead atoms. The highest BCUT2D eigenvalue weighted by molar-refractivity contribution is 6.12. The maximum absolute atomic E-state index is 12.5. The largest absolute Gasteiger partial charge is 0.370 e. The van der Waals surface area contributed by atoms with Crippen molar-refractivity contribution in [2.24, 2.45) is 0 Å². The Kier molecular flexibility index (Phi) is 3.87. The summed E-state index contributed by atoms with van der Waals surface area (Å²) < 4.78 is 0. The zero-order chi connectivity index (χ0) is 17.4. The molecule has 1 fully saturated rings. The molecule has 25 heavy (non-hydrogen) atoms. The average Bonchev–Trinajstić information content (AvgIpc) is 2.77. The number of carbonyl (C=O) groups is 2. The topological polar surface area (TPSA) is 74.3 Å². The molecule has 0 atom stereocenters. The molecule has 2 aliphatic heterocycles. The van der Waals surface area contributed by atoms with E-state index in [4.69, 9.17) is 0 Å². The van der Waals surface area contributed by atoms with E-state index in [9.17, 15) is 9.59 Å². The van der Waals surface area contributed by atoms with Gasteiger partial charge in [-0.2, -0.15) is 0 Å². The number of carbonyl (C=O) groups excluding carboxylic acids is 2. The fourth-order valence-electron chi connectivity index (χ4n) is 3.44. The number of aromatic nitrogens is 1. The molecule has 0 unspecified atom stereocenters. The van der Waals surface area contributed by atoms with Gasteiger partial charge in [0.1, 0.15) is 5.69 Å². The number of benzene rings is 1. The molecule has 1 aromatic carbocycles. The van der Waals surface area contributed by atoms with E-state index in [-0.39, 0.29) is 11.7 Å². The van der Waals surface area contributed by atoms with E-state index in [0.717, 1.165) is 31.6 Å². The molecule has 1 aromatic heterocycles. The summed E-state index contributed by atoms with van der Waals surface area (Å²) in [5.74, 6) is 0.252. The SMILES string of the molecule is CC(=O)c1nc2c(cc1N1CCCCC1)NC(=O)c1ccccc1N2. The van der Waals surface area contributed by atoms with E-state index >= 15 is 0 Å². The Bertz CT molecular complexity index is 856. The lowest BCUT2D eigenvalue weighted by molar-refractivity contribution is 0.101. The van der Waals surface area contributed by atoms with Gasteiger partial charge in [-0.15, -0.1) is 0 Å². The average molecular weight is 336 g/mol. The van der Waals surface area contributed by atoms with E-state index in [2.05, 4.69) is 20.5 Å². The summed E-state index contributed by atoms with van der Waals surface area (Å²) in [6.45, 7) is 3.34. The Balaban J connectivity index is 1.82. The van der Waals surface area contributed by atoms with Gasteiger partial charge in [0, 0.05) is 20.0 Å². The molecule has 6 heteroatoms. The van der Waals surface area contributed by atoms with Crippen LogP contribution in [0.3, 0.4) is 0 Å². The van der Waals surface area contributed by atoms with Gasteiger partial charge < -0.3 is 15.5 Å². The van der Waals surface area contributed by atoms with E-state index in [1.807, 2.05) is 24.3 Å². The van der Waals surface area contributed by atoms with E-state index in [1.54, 1.807) is 6.07 Å². The number of pyridine rings is 1. The van der Waals surface area contributed by atoms with Crippen LogP contribution >= 0.6 is 0 Å². The quantitative estimate of drug-likeness (QED) is 0.820. The smallest absolute Gasteiger partial charge is 0.257 e. The van der Waals surface area contributed by atoms with Gasteiger partial charge in [0.2, 0.25) is 0 Å². The lowest BCUT2D eigenvalue weighted by Crippen LogP contribution is -2.31. The minimum atomic E-state index is -0.177. The first-order valence-electron chi connectivity index (χ1n) is 8.62. The number of hydrogen-bond acceptors (Lipinski definition) is 5. The first-order valence-corrected chi connectivity index (χ1v) is 8.62. The molecular weight excluding hydrogens is 316 g/mol. The maximum Gasteiger partial charge on any atom is 0.257 e. The van der Waals surface area contributed by atoms with Crippen molar-refractivity contribution in [3.8, 4) is 0 Å². The number of hydrogen-bond donors (Lipinski definition) is 2. The van der Waals surface area contributed by atoms with Crippen LogP contribution in [0.25, 0.3) is 0 Å². The molecule has 0 spiro atoms. The van der Waals surface area contributed by atoms with Gasteiger partial charge in [-0.05, 0) is 37.5 Å². The molecule has 3 heterocycles. The zero-order valence-corrected chi connectivity index (χ0v) is 14.1. The number of ketones is 1. The molecular formula is C19H20N4O2. The number of para-hydroxylation sites is 1. The lowest BCUT2D eigenvalue weighted by atomic mass is 10.1. The Morgan fingerprint density at radius 1 is 1.08 bits per heavy atom. The molecule has 2 aliphatic rings. The highest BCUT2D eigenvalue weighted by atomic mass is 16.1. The molecule has 2 aromatic rings. The normalized spacial score (nSPS) is 16.2. The third kappa shape index (κ3) is 2.84. The molecule has 4 rings (SSSR count). The first kappa shape index (κ1) is 15.6. The van der Waals surface area contributed by atoms with Crippen LogP contribution in [-0.2, 0) is 0 Å². The Morgan fingerprint density at radius 2 is 1.84 bits per heavy atom. The van der Waals surface area contributed by atoms with Crippen molar-refractivity contribution in [2.45, 2.75) is 26.2 Å². The zero-order valence-electron chi connectivity index (χ0n) is 14.1. The highest BCUT2D eigenvalue weighted by Gasteiger charge is 2.25. The maximum atomic E-state index is 12.5. The molecule has 1 saturated heterocycles. The van der Waals surface area contributed by atoms with Crippen LogP contribution in [0.1, 0.15) is 47.0 Å². The van der Waals surface area contributed by atoms with Gasteiger partial charge in [-0.3, -0.25) is 9.59 Å². The van der Waals surface area contributed by atoms with Crippen molar-refractivity contribution in [1.82, 2.24) is 4.98 Å². The number of fused-ring (bicyclic) bond motifs is 2. The predicted octanol–water partition coefficient (Wildman–Crippen LogP) is 3.58. The molecule has 0 saturated carbocycles. The van der Waals surface area contributed by atoms with Gasteiger partial charge in [-0.25, -0.2) is 4.98 Å². The van der Waals surface area contributed by atoms with Crippen LogP contribution in [-0.4, -0.2) is 29.8 Å². The summed E-state index contributed by atoms with van der Waals surface area (Å²) in [7, 11) is 0. The first-order chi connectivity index (χ1) is 12.1. The fraction of sp³-hybridized carbons (Fsp3) is 0.316. The van der Waals surface area contributed by atoms with Crippen molar-refractivity contribution in [2.75, 3.05) is 28.6 Å². The summed E-state index contributed by atoms with van der Waals surface area (Å²) in [6, 6.07) is 9.15. The van der Waals surface area contributed by atoms with Crippen LogP contribution in [0.2, 0.25) is 0 Å². The van der Waals surface area contributed by atoms with Crippen LogP contribution in [0, 0.1) is 0 Å². The number of piperidine rings is 1. The highest BCUT2D eigenvalue weighted by Crippen LogP contribution is 2.35. The number of nitrogens with one attached hydrogen (secondary N) is 2. The van der Waals surface area contributed by atoms with Gasteiger partial charge >= 0.3 is 0 Å². The van der Waals surface area contributed by atoms with Crippen LogP contribution < -0.4 is 15.5 Å². The lowest BCUT2D eigenvalue weighted by Gasteiger charge is -2.30. The Labute approximate surface area is 146 Å². The monoisotopic (exact) mass is 336 g/mol. The second kappa shape index (κ2) is 6.20. The van der Waals surface area contributed by atoms with E-state index < -0.39 is 0 Å². The van der Waals surface area contributed by atoms with E-state index in [1.165, 1.54) is 13.3 Å². The Hall–Kier alpha value is -2.89. The fourth-order valence-corrected chi connectivity index (χ4v) is 3.44. The molecule has 0 aliphatic carbocycles. The van der Waals surface area contributed by atoms with Crippen molar-refractivity contribution < 1.29 is 9.59 Å². The van der Waals surface area contributed by atoms with Gasteiger partial charge in [0.05, 0.1) is 22.6 Å². The third-order valence-electron chi connectivity index (χ3n) is 4.71. The van der Waals surface area contributed by atoms with E-state index in [0.29, 0.717) is 28.5 Å². The summed E-state index contributed by atoms with van der Waals surface area (Å²) in [6.07, 6.45) is 3.41. The van der Waals surface area contributed by atoms with Gasteiger partial charge in [0.15, 0.2) is 11.6 Å². The molecule has 0 radical (unpaired) electrons. The number of anilines is 4. The molecule has 1 amide bonds. The molecule has 2 N–H and O–H groups in total. The summed E-state index contributed by atoms with van der Waals surface area (Å²) in [5.41, 5.74) is 3.10. The molecule has 128 valence electrons.